The summed E-state index contributed by atoms with van der Waals surface area (Å²) in [4.78, 5) is 15.3. The smallest absolute Gasteiger partial charge is 0.335 e. The summed E-state index contributed by atoms with van der Waals surface area (Å²) in [5.41, 5.74) is 3.15. The second-order valence-corrected chi connectivity index (χ2v) is 8.69. The summed E-state index contributed by atoms with van der Waals surface area (Å²) in [6, 6.07) is 8.46. The fraction of sp³-hybridized carbons (Fsp3) is 0.571. The van der Waals surface area contributed by atoms with Crippen molar-refractivity contribution in [2.75, 3.05) is 25.5 Å². The summed E-state index contributed by atoms with van der Waals surface area (Å²) in [5, 5.41) is 14.6. The van der Waals surface area contributed by atoms with Crippen molar-refractivity contribution >= 4 is 11.7 Å². The molecule has 0 bridgehead atoms. The van der Waals surface area contributed by atoms with Crippen LogP contribution in [0.3, 0.4) is 0 Å². The average Bonchev–Trinajstić information content (AvgIpc) is 3.25. The van der Waals surface area contributed by atoms with E-state index >= 15 is 0 Å². The molecule has 1 aliphatic carbocycles. The highest BCUT2D eigenvalue weighted by atomic mass is 16.6. The van der Waals surface area contributed by atoms with Crippen molar-refractivity contribution in [1.29, 1.82) is 0 Å². The average molecular weight is 368 g/mol. The first-order valence-corrected chi connectivity index (χ1v) is 9.80. The van der Waals surface area contributed by atoms with E-state index in [1.807, 2.05) is 13.0 Å². The van der Waals surface area contributed by atoms with Crippen LogP contribution < -0.4 is 5.32 Å². The number of aliphatic hydroxyl groups is 1. The summed E-state index contributed by atoms with van der Waals surface area (Å²) in [5.74, 6) is -0.302. The van der Waals surface area contributed by atoms with Crippen LogP contribution in [0.4, 0.5) is 5.69 Å². The molecule has 1 spiro atoms. The highest BCUT2D eigenvalue weighted by Gasteiger charge is 2.75. The number of carbonyl (C=O) groups is 1. The van der Waals surface area contributed by atoms with E-state index in [-0.39, 0.29) is 29.6 Å². The Balaban J connectivity index is 1.67. The quantitative estimate of drug-likeness (QED) is 0.607. The van der Waals surface area contributed by atoms with E-state index in [4.69, 9.17) is 9.47 Å². The predicted molar refractivity (Wildman–Crippen MR) is 98.2 cm³/mol. The number of ether oxygens (including phenoxy) is 2. The molecule has 0 amide bonds. The second-order valence-electron chi connectivity index (χ2n) is 8.69. The molecule has 27 heavy (non-hydrogen) atoms. The Labute approximate surface area is 158 Å². The topological polar surface area (TPSA) is 74.3 Å². The van der Waals surface area contributed by atoms with Gasteiger partial charge < -0.3 is 19.9 Å². The Morgan fingerprint density at radius 1 is 1.44 bits per heavy atom. The number of methoxy groups -OCH3 is 1. The van der Waals surface area contributed by atoms with Crippen LogP contribution in [0.25, 0.3) is 0 Å². The number of fused-ring (bicyclic) bond motifs is 3. The number of benzene rings is 1. The van der Waals surface area contributed by atoms with Crippen molar-refractivity contribution in [3.8, 4) is 0 Å². The number of epoxide rings is 1. The molecule has 4 heterocycles. The molecule has 5 aliphatic rings. The van der Waals surface area contributed by atoms with Crippen molar-refractivity contribution in [1.82, 2.24) is 4.90 Å². The zero-order chi connectivity index (χ0) is 18.6. The molecule has 6 heteroatoms. The molecule has 0 radical (unpaired) electrons. The van der Waals surface area contributed by atoms with Gasteiger partial charge in [0.1, 0.15) is 0 Å². The number of nitrogens with zero attached hydrogens (tertiary/aromatic N) is 1. The molecule has 4 aliphatic heterocycles. The third-order valence-corrected chi connectivity index (χ3v) is 7.77. The van der Waals surface area contributed by atoms with Gasteiger partial charge in [-0.25, -0.2) is 4.79 Å². The van der Waals surface area contributed by atoms with E-state index < -0.39 is 11.5 Å². The second kappa shape index (κ2) is 4.93. The number of hydrogen-bond acceptors (Lipinski definition) is 6. The molecule has 6 rings (SSSR count). The molecule has 1 aromatic rings. The first-order chi connectivity index (χ1) is 13.0. The van der Waals surface area contributed by atoms with Crippen LogP contribution in [-0.4, -0.2) is 60.5 Å². The highest BCUT2D eigenvalue weighted by molar-refractivity contribution is 5.93. The van der Waals surface area contributed by atoms with Gasteiger partial charge in [0.2, 0.25) is 0 Å². The van der Waals surface area contributed by atoms with E-state index in [0.29, 0.717) is 12.0 Å². The summed E-state index contributed by atoms with van der Waals surface area (Å²) in [6.07, 6.45) is 1.01. The molecular formula is C21H24N2O4. The van der Waals surface area contributed by atoms with Gasteiger partial charge in [-0.15, -0.1) is 0 Å². The maximum absolute atomic E-state index is 12.8. The number of anilines is 1. The number of carbonyl (C=O) groups excluding carboxylic acids is 1. The number of para-hydroxylation sites is 1. The van der Waals surface area contributed by atoms with Crippen molar-refractivity contribution in [3.63, 3.8) is 0 Å². The number of esters is 1. The van der Waals surface area contributed by atoms with Crippen LogP contribution in [0, 0.1) is 5.41 Å². The molecule has 0 aromatic heterocycles. The lowest BCUT2D eigenvalue weighted by Crippen LogP contribution is -2.66. The van der Waals surface area contributed by atoms with Crippen LogP contribution in [-0.2, 0) is 19.7 Å². The van der Waals surface area contributed by atoms with E-state index in [0.717, 1.165) is 30.9 Å². The maximum atomic E-state index is 12.8. The van der Waals surface area contributed by atoms with Crippen LogP contribution in [0.2, 0.25) is 0 Å². The molecule has 3 saturated heterocycles. The third kappa shape index (κ3) is 1.67. The molecular weight excluding hydrogens is 344 g/mol. The predicted octanol–water partition coefficient (Wildman–Crippen LogP) is 1.40. The molecule has 142 valence electrons. The lowest BCUT2D eigenvalue weighted by atomic mass is 9.52. The molecule has 3 unspecified atom stereocenters. The third-order valence-electron chi connectivity index (χ3n) is 7.77. The first kappa shape index (κ1) is 16.1. The zero-order valence-electron chi connectivity index (χ0n) is 15.6. The van der Waals surface area contributed by atoms with E-state index in [1.165, 1.54) is 12.7 Å². The largest absolute Gasteiger partial charge is 0.466 e. The Bertz CT molecular complexity index is 896. The minimum atomic E-state index is -0.579. The minimum Gasteiger partial charge on any atom is -0.466 e. The number of aliphatic hydroxyl groups excluding tert-OH is 1. The van der Waals surface area contributed by atoms with Crippen LogP contribution in [0.5, 0.6) is 0 Å². The SMILES string of the molecule is COC(=O)C1=C2Nc3ccccc3[C@@]23CCN2CC4OC4[C@@](C(C)O)(C1)[C@H]23. The van der Waals surface area contributed by atoms with Crippen LogP contribution >= 0.6 is 0 Å². The van der Waals surface area contributed by atoms with Gasteiger partial charge >= 0.3 is 5.97 Å². The van der Waals surface area contributed by atoms with Crippen molar-refractivity contribution in [3.05, 3.63) is 41.1 Å². The standard InChI is InChI=1S/C21H24N2O4/c1-11(24)21-9-12(18(25)26-2)16-20(13-5-3-4-6-14(13)22-16)7-8-23(19(20)21)10-15-17(21)27-15/h3-6,11,15,17,19,22,24H,7-10H2,1-2H3/t11?,15?,17?,19-,20+,21+/m1/s1. The maximum Gasteiger partial charge on any atom is 0.335 e. The van der Waals surface area contributed by atoms with Gasteiger partial charge in [-0.3, -0.25) is 4.90 Å². The summed E-state index contributed by atoms with van der Waals surface area (Å²) < 4.78 is 11.2. The molecule has 0 saturated carbocycles. The van der Waals surface area contributed by atoms with E-state index in [1.54, 1.807) is 0 Å². The van der Waals surface area contributed by atoms with Crippen LogP contribution in [0.1, 0.15) is 25.3 Å². The van der Waals surface area contributed by atoms with Crippen molar-refractivity contribution in [2.45, 2.75) is 49.5 Å². The van der Waals surface area contributed by atoms with Gasteiger partial charge in [-0.2, -0.15) is 0 Å². The molecule has 6 atom stereocenters. The van der Waals surface area contributed by atoms with Crippen molar-refractivity contribution < 1.29 is 19.4 Å². The van der Waals surface area contributed by atoms with Crippen molar-refractivity contribution in [2.24, 2.45) is 5.41 Å². The summed E-state index contributed by atoms with van der Waals surface area (Å²) in [6.45, 7) is 3.72. The molecule has 3 fully saturated rings. The van der Waals surface area contributed by atoms with Gasteiger partial charge in [0, 0.05) is 29.4 Å². The Kier molecular flexibility index (Phi) is 2.94. The highest BCUT2D eigenvalue weighted by Crippen LogP contribution is 2.68. The van der Waals surface area contributed by atoms with Crippen LogP contribution in [0.15, 0.2) is 35.5 Å². The fourth-order valence-electron chi connectivity index (χ4n) is 6.79. The number of rotatable bonds is 2. The number of piperidine rings is 1. The minimum absolute atomic E-state index is 0.00249. The zero-order valence-corrected chi connectivity index (χ0v) is 15.6. The summed E-state index contributed by atoms with van der Waals surface area (Å²) in [7, 11) is 1.43. The Hall–Kier alpha value is -1.89. The molecule has 2 N–H and O–H groups in total. The van der Waals surface area contributed by atoms with Gasteiger partial charge in [-0.05, 0) is 37.9 Å². The Morgan fingerprint density at radius 2 is 2.26 bits per heavy atom. The summed E-state index contributed by atoms with van der Waals surface area (Å²) >= 11 is 0. The molecule has 1 aromatic carbocycles. The molecule has 6 nitrogen and oxygen atoms in total. The van der Waals surface area contributed by atoms with Gasteiger partial charge in [-0.1, -0.05) is 18.2 Å². The number of nitrogens with one attached hydrogen (secondary N) is 1. The first-order valence-electron chi connectivity index (χ1n) is 9.80. The van der Waals surface area contributed by atoms with Gasteiger partial charge in [0.25, 0.3) is 0 Å². The monoisotopic (exact) mass is 368 g/mol. The number of hydrogen-bond donors (Lipinski definition) is 2. The van der Waals surface area contributed by atoms with Gasteiger partial charge in [0.15, 0.2) is 0 Å². The van der Waals surface area contributed by atoms with Gasteiger partial charge in [0.05, 0.1) is 36.4 Å². The lowest BCUT2D eigenvalue weighted by molar-refractivity contribution is -0.138. The fourth-order valence-corrected chi connectivity index (χ4v) is 6.79. The van der Waals surface area contributed by atoms with E-state index in [2.05, 4.69) is 28.4 Å². The van der Waals surface area contributed by atoms with E-state index in [9.17, 15) is 9.90 Å². The normalized spacial score (nSPS) is 41.8. The Morgan fingerprint density at radius 3 is 3.04 bits per heavy atom. The lowest BCUT2D eigenvalue weighted by Gasteiger charge is -2.55.